The van der Waals surface area contributed by atoms with E-state index in [4.69, 9.17) is 15.3 Å². The normalized spacial score (nSPS) is 13.5. The van der Waals surface area contributed by atoms with Gasteiger partial charge in [0.2, 0.25) is 5.91 Å². The molecule has 0 bridgehead atoms. The average Bonchev–Trinajstić information content (AvgIpc) is 3.02. The Balaban J connectivity index is 1.97. The molecular formula is C26H31F3N2O5. The van der Waals surface area contributed by atoms with Crippen molar-refractivity contribution in [2.24, 2.45) is 0 Å². The number of halogens is 3. The fourth-order valence-corrected chi connectivity index (χ4v) is 3.75. The second-order valence-electron chi connectivity index (χ2n) is 8.42. The summed E-state index contributed by atoms with van der Waals surface area (Å²) < 4.78 is 44.5. The van der Waals surface area contributed by atoms with Crippen molar-refractivity contribution in [3.8, 4) is 11.5 Å². The van der Waals surface area contributed by atoms with E-state index < -0.39 is 29.2 Å². The Morgan fingerprint density at radius 1 is 1.22 bits per heavy atom. The van der Waals surface area contributed by atoms with Crippen LogP contribution < -0.4 is 4.74 Å². The van der Waals surface area contributed by atoms with Gasteiger partial charge >= 0.3 is 12.1 Å². The van der Waals surface area contributed by atoms with Crippen LogP contribution in [-0.4, -0.2) is 59.1 Å². The van der Waals surface area contributed by atoms with Crippen molar-refractivity contribution in [3.63, 3.8) is 0 Å². The molecule has 0 aromatic heterocycles. The van der Waals surface area contributed by atoms with Gasteiger partial charge in [0.25, 0.3) is 0 Å². The summed E-state index contributed by atoms with van der Waals surface area (Å²) in [5.74, 6) is -1.53. The first-order valence-corrected chi connectivity index (χ1v) is 11.6. The number of rotatable bonds is 12. The summed E-state index contributed by atoms with van der Waals surface area (Å²) in [6.45, 7) is 2.15. The van der Waals surface area contributed by atoms with Crippen LogP contribution in [0.4, 0.5) is 13.2 Å². The molecule has 0 unspecified atom stereocenters. The molecule has 196 valence electrons. The van der Waals surface area contributed by atoms with Crippen LogP contribution in [0.5, 0.6) is 11.5 Å². The Labute approximate surface area is 208 Å². The quantitative estimate of drug-likeness (QED) is 0.266. The molecule has 0 spiro atoms. The number of alkyl halides is 3. The number of carbonyl (C=O) groups excluding carboxylic acids is 1. The van der Waals surface area contributed by atoms with Crippen LogP contribution in [0.1, 0.15) is 50.2 Å². The third-order valence-corrected chi connectivity index (χ3v) is 5.61. The van der Waals surface area contributed by atoms with Crippen LogP contribution in [0.3, 0.4) is 0 Å². The number of hydrogen-bond acceptors (Lipinski definition) is 5. The zero-order chi connectivity index (χ0) is 26.9. The number of allylic oxidation sites excluding steroid dienone is 4. The minimum Gasteiger partial charge on any atom is -0.507 e. The highest BCUT2D eigenvalue weighted by atomic mass is 19.4. The van der Waals surface area contributed by atoms with Gasteiger partial charge in [-0.15, -0.1) is 0 Å². The Morgan fingerprint density at radius 2 is 1.94 bits per heavy atom. The summed E-state index contributed by atoms with van der Waals surface area (Å²) in [7, 11) is 1.63. The predicted octanol–water partition coefficient (Wildman–Crippen LogP) is 5.18. The molecule has 0 heterocycles. The molecular weight excluding hydrogens is 477 g/mol. The van der Waals surface area contributed by atoms with Gasteiger partial charge in [0.05, 0.1) is 13.0 Å². The topological polar surface area (TPSA) is 111 Å². The van der Waals surface area contributed by atoms with Crippen molar-refractivity contribution in [2.45, 2.75) is 51.6 Å². The number of carbonyl (C=O) groups is 2. The van der Waals surface area contributed by atoms with Gasteiger partial charge in [-0.25, -0.2) is 0 Å². The number of carboxylic acid groups (broad SMARTS) is 1. The zero-order valence-electron chi connectivity index (χ0n) is 20.3. The summed E-state index contributed by atoms with van der Waals surface area (Å²) in [6.07, 6.45) is 4.24. The van der Waals surface area contributed by atoms with E-state index in [1.807, 2.05) is 18.2 Å². The lowest BCUT2D eigenvalue weighted by Gasteiger charge is -2.21. The maximum atomic E-state index is 12.9. The van der Waals surface area contributed by atoms with Crippen molar-refractivity contribution in [3.05, 3.63) is 58.7 Å². The van der Waals surface area contributed by atoms with E-state index in [2.05, 4.69) is 0 Å². The van der Waals surface area contributed by atoms with Gasteiger partial charge < -0.3 is 19.8 Å². The molecule has 0 radical (unpaired) electrons. The lowest BCUT2D eigenvalue weighted by atomic mass is 10.00. The molecule has 1 aliphatic rings. The maximum absolute atomic E-state index is 12.9. The van der Waals surface area contributed by atoms with E-state index in [0.29, 0.717) is 24.8 Å². The SMILES string of the molecule is CCCc1c(OCCCC(=O)N(C)CC2=CC=CCC=C2CC(=O)O)ccc(C(=N)C(F)(F)F)c1O. The third kappa shape index (κ3) is 8.00. The van der Waals surface area contributed by atoms with Crippen molar-refractivity contribution in [1.82, 2.24) is 4.90 Å². The number of benzene rings is 1. The first kappa shape index (κ1) is 28.7. The Hall–Kier alpha value is -3.56. The van der Waals surface area contributed by atoms with Crippen LogP contribution in [-0.2, 0) is 16.0 Å². The Bertz CT molecular complexity index is 1070. The number of likely N-dealkylation sites (N-methyl/N-ethyl adjacent to an activating group) is 1. The fourth-order valence-electron chi connectivity index (χ4n) is 3.75. The molecule has 1 aliphatic carbocycles. The molecule has 3 N–H and O–H groups in total. The van der Waals surface area contributed by atoms with E-state index in [-0.39, 0.29) is 49.6 Å². The second kappa shape index (κ2) is 12.9. The van der Waals surface area contributed by atoms with Crippen LogP contribution in [0.25, 0.3) is 0 Å². The number of amides is 1. The maximum Gasteiger partial charge on any atom is 0.433 e. The lowest BCUT2D eigenvalue weighted by molar-refractivity contribution is -0.136. The molecule has 1 aromatic rings. The largest absolute Gasteiger partial charge is 0.507 e. The molecule has 7 nitrogen and oxygen atoms in total. The minimum atomic E-state index is -4.89. The number of aliphatic carboxylic acids is 1. The lowest BCUT2D eigenvalue weighted by Crippen LogP contribution is -2.29. The molecule has 0 aliphatic heterocycles. The van der Waals surface area contributed by atoms with Crippen molar-refractivity contribution < 1.29 is 37.7 Å². The fraction of sp³-hybridized carbons (Fsp3) is 0.423. The van der Waals surface area contributed by atoms with Gasteiger partial charge in [-0.05, 0) is 42.5 Å². The summed E-state index contributed by atoms with van der Waals surface area (Å²) >= 11 is 0. The van der Waals surface area contributed by atoms with Crippen molar-refractivity contribution >= 4 is 17.6 Å². The number of phenols is 1. The van der Waals surface area contributed by atoms with Gasteiger partial charge in [0, 0.05) is 31.1 Å². The molecule has 1 amide bonds. The smallest absolute Gasteiger partial charge is 0.433 e. The number of nitrogens with one attached hydrogen (secondary N) is 1. The molecule has 1 aromatic carbocycles. The first-order valence-electron chi connectivity index (χ1n) is 11.6. The average molecular weight is 509 g/mol. The highest BCUT2D eigenvalue weighted by Gasteiger charge is 2.37. The molecule has 0 fully saturated rings. The van der Waals surface area contributed by atoms with Crippen molar-refractivity contribution in [2.75, 3.05) is 20.2 Å². The van der Waals surface area contributed by atoms with Gasteiger partial charge in [0.15, 0.2) is 0 Å². The minimum absolute atomic E-state index is 0.0986. The number of nitrogens with zero attached hydrogens (tertiary/aromatic N) is 1. The van der Waals surface area contributed by atoms with Gasteiger partial charge in [-0.2, -0.15) is 13.2 Å². The highest BCUT2D eigenvalue weighted by Crippen LogP contribution is 2.36. The van der Waals surface area contributed by atoms with Gasteiger partial charge in [-0.1, -0.05) is 37.6 Å². The van der Waals surface area contributed by atoms with E-state index in [1.54, 1.807) is 20.0 Å². The van der Waals surface area contributed by atoms with E-state index >= 15 is 0 Å². The van der Waals surface area contributed by atoms with E-state index in [0.717, 1.165) is 11.6 Å². The molecule has 10 heteroatoms. The van der Waals surface area contributed by atoms with E-state index in [9.17, 15) is 27.9 Å². The predicted molar refractivity (Wildman–Crippen MR) is 130 cm³/mol. The summed E-state index contributed by atoms with van der Waals surface area (Å²) in [4.78, 5) is 25.3. The number of phenolic OH excluding ortho intramolecular Hbond substituents is 1. The summed E-state index contributed by atoms with van der Waals surface area (Å²) in [5, 5.41) is 26.8. The van der Waals surface area contributed by atoms with Gasteiger partial charge in [-0.3, -0.25) is 15.0 Å². The number of ether oxygens (including phenoxy) is 1. The zero-order valence-corrected chi connectivity index (χ0v) is 20.3. The van der Waals surface area contributed by atoms with Crippen LogP contribution in [0.2, 0.25) is 0 Å². The Kier molecular flexibility index (Phi) is 10.3. The third-order valence-electron chi connectivity index (χ3n) is 5.61. The van der Waals surface area contributed by atoms with Crippen molar-refractivity contribution in [1.29, 1.82) is 5.41 Å². The van der Waals surface area contributed by atoms with Gasteiger partial charge in [0.1, 0.15) is 17.2 Å². The number of aromatic hydroxyl groups is 1. The van der Waals surface area contributed by atoms with Crippen LogP contribution in [0, 0.1) is 5.41 Å². The molecule has 0 atom stereocenters. The molecule has 36 heavy (non-hydrogen) atoms. The highest BCUT2D eigenvalue weighted by molar-refractivity contribution is 6.04. The second-order valence-corrected chi connectivity index (χ2v) is 8.42. The number of carboxylic acids is 1. The van der Waals surface area contributed by atoms with E-state index in [1.165, 1.54) is 11.0 Å². The first-order chi connectivity index (χ1) is 17.0. The monoisotopic (exact) mass is 508 g/mol. The van der Waals surface area contributed by atoms with Crippen LogP contribution in [0.15, 0.2) is 47.6 Å². The van der Waals surface area contributed by atoms with Crippen LogP contribution >= 0.6 is 0 Å². The summed E-state index contributed by atoms with van der Waals surface area (Å²) in [6, 6.07) is 2.31. The molecule has 0 saturated heterocycles. The standard InChI is InChI=1S/C26H31F3N2O5/c1-3-8-19-21(13-12-20(24(19)35)25(30)26(27,28)29)36-14-7-11-22(32)31(2)16-18-10-6-4-5-9-17(18)15-23(33)34/h4,6,9-10,12-13,30,35H,3,5,7-8,11,14-16H2,1-2H3,(H,33,34). The Morgan fingerprint density at radius 3 is 2.58 bits per heavy atom. The molecule has 0 saturated carbocycles. The molecule has 2 rings (SSSR count). The summed E-state index contributed by atoms with van der Waals surface area (Å²) in [5.41, 5.74) is -0.617. The number of hydrogen-bond donors (Lipinski definition) is 3.